The molecule has 0 fully saturated rings. The molecule has 1 rings (SSSR count). The topological polar surface area (TPSA) is 76.7 Å². The minimum absolute atomic E-state index is 0.0273. The van der Waals surface area contributed by atoms with Gasteiger partial charge < -0.3 is 14.8 Å². The first-order valence-electron chi connectivity index (χ1n) is 7.06. The second-order valence-electron chi connectivity index (χ2n) is 4.73. The second-order valence-corrected chi connectivity index (χ2v) is 6.90. The molecule has 1 aromatic carbocycles. The highest BCUT2D eigenvalue weighted by Gasteiger charge is 2.21. The van der Waals surface area contributed by atoms with Gasteiger partial charge in [-0.2, -0.15) is 0 Å². The Morgan fingerprint density at radius 3 is 2.68 bits per heavy atom. The maximum absolute atomic E-state index is 12.4. The third-order valence-electron chi connectivity index (χ3n) is 2.77. The average Bonchev–Trinajstić information content (AvgIpc) is 2.46. The van der Waals surface area contributed by atoms with Crippen LogP contribution < -0.4 is 14.8 Å². The van der Waals surface area contributed by atoms with E-state index in [0.717, 1.165) is 6.54 Å². The third kappa shape index (κ3) is 6.10. The summed E-state index contributed by atoms with van der Waals surface area (Å²) in [6, 6.07) is 4.52. The second kappa shape index (κ2) is 9.32. The van der Waals surface area contributed by atoms with Crippen molar-refractivity contribution in [3.05, 3.63) is 23.2 Å². The lowest BCUT2D eigenvalue weighted by Crippen LogP contribution is -2.32. The van der Waals surface area contributed by atoms with E-state index in [9.17, 15) is 8.42 Å². The van der Waals surface area contributed by atoms with E-state index in [1.165, 1.54) is 6.07 Å². The Labute approximate surface area is 137 Å². The molecule has 0 radical (unpaired) electrons. The Bertz CT molecular complexity index is 566. The lowest BCUT2D eigenvalue weighted by Gasteiger charge is -2.17. The van der Waals surface area contributed by atoms with Crippen molar-refractivity contribution in [1.82, 2.24) is 10.0 Å². The number of methoxy groups -OCH3 is 1. The minimum atomic E-state index is -3.69. The van der Waals surface area contributed by atoms with Gasteiger partial charge in [-0.05, 0) is 31.7 Å². The van der Waals surface area contributed by atoms with Gasteiger partial charge in [-0.15, -0.1) is 0 Å². The Morgan fingerprint density at radius 1 is 1.32 bits per heavy atom. The largest absolute Gasteiger partial charge is 0.487 e. The summed E-state index contributed by atoms with van der Waals surface area (Å²) in [4.78, 5) is 0.0273. The van der Waals surface area contributed by atoms with Crippen molar-refractivity contribution in [3.63, 3.8) is 0 Å². The van der Waals surface area contributed by atoms with Crippen LogP contribution in [0.15, 0.2) is 23.1 Å². The molecule has 22 heavy (non-hydrogen) atoms. The van der Waals surface area contributed by atoms with Crippen LogP contribution in [-0.2, 0) is 14.8 Å². The number of nitrogens with one attached hydrogen (secondary N) is 2. The summed E-state index contributed by atoms with van der Waals surface area (Å²) in [5.41, 5.74) is 0. The molecule has 0 aliphatic heterocycles. The van der Waals surface area contributed by atoms with E-state index >= 15 is 0 Å². The monoisotopic (exact) mass is 350 g/mol. The molecule has 0 amide bonds. The molecule has 1 atom stereocenters. The zero-order valence-corrected chi connectivity index (χ0v) is 14.6. The molecule has 2 N–H and O–H groups in total. The number of benzene rings is 1. The molecule has 0 aliphatic carbocycles. The van der Waals surface area contributed by atoms with Gasteiger partial charge in [0.05, 0.1) is 6.61 Å². The van der Waals surface area contributed by atoms with Gasteiger partial charge >= 0.3 is 0 Å². The van der Waals surface area contributed by atoms with Crippen LogP contribution in [-0.4, -0.2) is 47.9 Å². The molecule has 126 valence electrons. The number of rotatable bonds is 10. The first-order valence-corrected chi connectivity index (χ1v) is 8.92. The van der Waals surface area contributed by atoms with Crippen molar-refractivity contribution < 1.29 is 17.9 Å². The molecule has 0 bridgehead atoms. The first-order chi connectivity index (χ1) is 10.4. The molecule has 0 heterocycles. The molecule has 0 aliphatic rings. The Hall–Kier alpha value is -0.860. The molecule has 1 unspecified atom stereocenters. The third-order valence-corrected chi connectivity index (χ3v) is 4.49. The fraction of sp³-hybridized carbons (Fsp3) is 0.571. The lowest BCUT2D eigenvalue weighted by molar-refractivity contribution is 0.0901. The van der Waals surface area contributed by atoms with Crippen LogP contribution in [0.25, 0.3) is 0 Å². The van der Waals surface area contributed by atoms with E-state index in [1.807, 2.05) is 6.92 Å². The quantitative estimate of drug-likeness (QED) is 0.627. The van der Waals surface area contributed by atoms with E-state index < -0.39 is 10.0 Å². The molecule has 1 aromatic rings. The smallest absolute Gasteiger partial charge is 0.244 e. The summed E-state index contributed by atoms with van der Waals surface area (Å²) >= 11 is 5.92. The van der Waals surface area contributed by atoms with Crippen molar-refractivity contribution in [2.75, 3.05) is 33.4 Å². The van der Waals surface area contributed by atoms with E-state index in [2.05, 4.69) is 10.0 Å². The van der Waals surface area contributed by atoms with Crippen LogP contribution in [0.5, 0.6) is 5.75 Å². The number of likely N-dealkylation sites (N-methyl/N-ethyl adjacent to an activating group) is 1. The summed E-state index contributed by atoms with van der Waals surface area (Å²) < 4.78 is 37.9. The fourth-order valence-corrected chi connectivity index (χ4v) is 3.23. The van der Waals surface area contributed by atoms with Crippen LogP contribution in [0, 0.1) is 0 Å². The van der Waals surface area contributed by atoms with Gasteiger partial charge in [-0.25, -0.2) is 13.1 Å². The van der Waals surface area contributed by atoms with Crippen molar-refractivity contribution in [1.29, 1.82) is 0 Å². The van der Waals surface area contributed by atoms with E-state index in [4.69, 9.17) is 21.1 Å². The lowest BCUT2D eigenvalue weighted by atomic mass is 10.3. The van der Waals surface area contributed by atoms with Crippen molar-refractivity contribution in [2.24, 2.45) is 0 Å². The van der Waals surface area contributed by atoms with Crippen LogP contribution in [0.4, 0.5) is 0 Å². The molecule has 8 heteroatoms. The summed E-state index contributed by atoms with van der Waals surface area (Å²) in [6.45, 7) is 5.72. The van der Waals surface area contributed by atoms with E-state index in [-0.39, 0.29) is 23.3 Å². The van der Waals surface area contributed by atoms with Gasteiger partial charge in [-0.1, -0.05) is 18.5 Å². The van der Waals surface area contributed by atoms with E-state index in [1.54, 1.807) is 26.2 Å². The normalized spacial score (nSPS) is 13.1. The summed E-state index contributed by atoms with van der Waals surface area (Å²) in [5.74, 6) is 0.255. The fourth-order valence-electron chi connectivity index (χ4n) is 1.80. The van der Waals surface area contributed by atoms with E-state index in [0.29, 0.717) is 18.2 Å². The molecule has 0 saturated carbocycles. The van der Waals surface area contributed by atoms with Crippen molar-refractivity contribution >= 4 is 21.6 Å². The Balaban J connectivity index is 2.92. The first kappa shape index (κ1) is 19.2. The number of hydrogen-bond donors (Lipinski definition) is 2. The maximum atomic E-state index is 12.4. The summed E-state index contributed by atoms with van der Waals surface area (Å²) in [5, 5.41) is 3.38. The van der Waals surface area contributed by atoms with Gasteiger partial charge in [0.25, 0.3) is 0 Å². The number of halogens is 1. The van der Waals surface area contributed by atoms with Crippen LogP contribution >= 0.6 is 11.6 Å². The zero-order valence-electron chi connectivity index (χ0n) is 13.1. The van der Waals surface area contributed by atoms with Gasteiger partial charge in [0.1, 0.15) is 16.7 Å². The molecular formula is C14H23ClN2O4S. The van der Waals surface area contributed by atoms with Gasteiger partial charge in [0.15, 0.2) is 0 Å². The standard InChI is InChI=1S/C14H23ClN2O4S/c1-4-16-7-8-17-22(18,19)14-9-12(15)5-6-13(14)21-11(2)10-20-3/h5-6,9,11,16-17H,4,7-8,10H2,1-3H3. The number of hydrogen-bond acceptors (Lipinski definition) is 5. The Morgan fingerprint density at radius 2 is 2.05 bits per heavy atom. The highest BCUT2D eigenvalue weighted by atomic mass is 35.5. The van der Waals surface area contributed by atoms with Crippen LogP contribution in [0.2, 0.25) is 5.02 Å². The molecule has 0 spiro atoms. The molecular weight excluding hydrogens is 328 g/mol. The summed E-state index contributed by atoms with van der Waals surface area (Å²) in [7, 11) is -2.14. The highest BCUT2D eigenvalue weighted by molar-refractivity contribution is 7.89. The number of ether oxygens (including phenoxy) is 2. The Kier molecular flexibility index (Phi) is 8.13. The van der Waals surface area contributed by atoms with Crippen molar-refractivity contribution in [2.45, 2.75) is 24.8 Å². The predicted octanol–water partition coefficient (Wildman–Crippen LogP) is 1.64. The maximum Gasteiger partial charge on any atom is 0.244 e. The van der Waals surface area contributed by atoms with Gasteiger partial charge in [0, 0.05) is 25.2 Å². The summed E-state index contributed by atoms with van der Waals surface area (Å²) in [6.07, 6.45) is -0.276. The number of sulfonamides is 1. The van der Waals surface area contributed by atoms with Gasteiger partial charge in [-0.3, -0.25) is 0 Å². The molecule has 0 aromatic heterocycles. The molecule has 0 saturated heterocycles. The van der Waals surface area contributed by atoms with Crippen LogP contribution in [0.1, 0.15) is 13.8 Å². The van der Waals surface area contributed by atoms with Crippen LogP contribution in [0.3, 0.4) is 0 Å². The highest BCUT2D eigenvalue weighted by Crippen LogP contribution is 2.28. The molecule has 6 nitrogen and oxygen atoms in total. The minimum Gasteiger partial charge on any atom is -0.487 e. The zero-order chi connectivity index (χ0) is 16.6. The SMILES string of the molecule is CCNCCNS(=O)(=O)c1cc(Cl)ccc1OC(C)COC. The predicted molar refractivity (Wildman–Crippen MR) is 87.2 cm³/mol. The van der Waals surface area contributed by atoms with Gasteiger partial charge in [0.2, 0.25) is 10.0 Å². The average molecular weight is 351 g/mol. The van der Waals surface area contributed by atoms with Crippen molar-refractivity contribution in [3.8, 4) is 5.75 Å².